The van der Waals surface area contributed by atoms with Crippen molar-refractivity contribution in [3.05, 3.63) is 52.3 Å². The third-order valence-corrected chi connectivity index (χ3v) is 4.86. The van der Waals surface area contributed by atoms with Crippen molar-refractivity contribution in [3.63, 3.8) is 0 Å². The lowest BCUT2D eigenvalue weighted by molar-refractivity contribution is 0.0423. The van der Waals surface area contributed by atoms with Crippen LogP contribution in [0.25, 0.3) is 0 Å². The van der Waals surface area contributed by atoms with E-state index < -0.39 is 12.5 Å². The van der Waals surface area contributed by atoms with Crippen molar-refractivity contribution in [3.8, 4) is 0 Å². The Balaban J connectivity index is 1.60. The summed E-state index contributed by atoms with van der Waals surface area (Å²) < 4.78 is 27.2. The number of alkyl halides is 2. The summed E-state index contributed by atoms with van der Waals surface area (Å²) in [6.07, 6.45) is 1.22. The lowest BCUT2D eigenvalue weighted by atomic mass is 10.2. The van der Waals surface area contributed by atoms with Gasteiger partial charge in [0.05, 0.1) is 0 Å². The van der Waals surface area contributed by atoms with Crippen molar-refractivity contribution < 1.29 is 13.6 Å². The molecule has 8 heteroatoms. The van der Waals surface area contributed by atoms with Gasteiger partial charge in [0.25, 0.3) is 5.91 Å². The van der Waals surface area contributed by atoms with Gasteiger partial charge in [-0.15, -0.1) is 0 Å². The molecular formula is C16H17BrF2N4O. The number of rotatable bonds is 4. The topological polar surface area (TPSA) is 41.4 Å². The summed E-state index contributed by atoms with van der Waals surface area (Å²) in [5, 5.41) is 3.52. The van der Waals surface area contributed by atoms with E-state index in [9.17, 15) is 13.6 Å². The summed E-state index contributed by atoms with van der Waals surface area (Å²) >= 11 is 3.53. The maximum Gasteiger partial charge on any atom is 0.333 e. The van der Waals surface area contributed by atoms with Gasteiger partial charge in [-0.05, 0) is 17.7 Å². The number of halogens is 3. The molecule has 0 bridgehead atoms. The number of carbonyl (C=O) groups excluding carboxylic acids is 1. The highest BCUT2D eigenvalue weighted by atomic mass is 79.9. The van der Waals surface area contributed by atoms with Crippen LogP contribution in [0.15, 0.2) is 41.0 Å². The minimum atomic E-state index is -2.81. The second-order valence-corrected chi connectivity index (χ2v) is 6.45. The molecule has 2 aromatic rings. The summed E-state index contributed by atoms with van der Waals surface area (Å²) in [6.45, 7) is 0.412. The van der Waals surface area contributed by atoms with E-state index in [1.807, 2.05) is 18.2 Å². The third kappa shape index (κ3) is 3.64. The molecule has 2 heterocycles. The minimum absolute atomic E-state index is 0.0655. The Hall–Kier alpha value is -1.80. The fraction of sp³-hybridized carbons (Fsp3) is 0.375. The summed E-state index contributed by atoms with van der Waals surface area (Å²) in [7, 11) is 0. The summed E-state index contributed by atoms with van der Waals surface area (Å²) in [5.41, 5.74) is 1.12. The highest BCUT2D eigenvalue weighted by molar-refractivity contribution is 9.10. The Bertz CT molecular complexity index is 714. The van der Waals surface area contributed by atoms with Gasteiger partial charge in [0.2, 0.25) is 0 Å². The van der Waals surface area contributed by atoms with E-state index in [0.29, 0.717) is 30.9 Å². The first-order chi connectivity index (χ1) is 11.6. The predicted octanol–water partition coefficient (Wildman–Crippen LogP) is 3.00. The van der Waals surface area contributed by atoms with Crippen molar-refractivity contribution in [2.24, 2.45) is 0 Å². The molecule has 0 radical (unpaired) electrons. The van der Waals surface area contributed by atoms with Crippen LogP contribution in [-0.4, -0.2) is 51.7 Å². The van der Waals surface area contributed by atoms with Crippen LogP contribution in [0.4, 0.5) is 8.78 Å². The maximum absolute atomic E-state index is 12.8. The molecule has 1 amide bonds. The van der Waals surface area contributed by atoms with E-state index in [-0.39, 0.29) is 5.69 Å². The average molecular weight is 399 g/mol. The Morgan fingerprint density at radius 2 is 1.88 bits per heavy atom. The van der Waals surface area contributed by atoms with Gasteiger partial charge in [-0.25, -0.2) is 0 Å². The van der Waals surface area contributed by atoms with E-state index in [4.69, 9.17) is 0 Å². The fourth-order valence-corrected chi connectivity index (χ4v) is 3.19. The molecule has 5 nitrogen and oxygen atoms in total. The zero-order valence-electron chi connectivity index (χ0n) is 12.9. The van der Waals surface area contributed by atoms with Crippen molar-refractivity contribution in [1.29, 1.82) is 0 Å². The Morgan fingerprint density at radius 3 is 2.54 bits per heavy atom. The molecule has 1 aromatic heterocycles. The number of carbonyl (C=O) groups is 1. The molecule has 0 unspecified atom stereocenters. The van der Waals surface area contributed by atoms with Gasteiger partial charge in [-0.1, -0.05) is 34.1 Å². The zero-order chi connectivity index (χ0) is 17.1. The second kappa shape index (κ2) is 7.40. The van der Waals surface area contributed by atoms with Crippen molar-refractivity contribution >= 4 is 21.8 Å². The third-order valence-electron chi connectivity index (χ3n) is 4.09. The van der Waals surface area contributed by atoms with Gasteiger partial charge < -0.3 is 4.90 Å². The predicted molar refractivity (Wildman–Crippen MR) is 88.8 cm³/mol. The van der Waals surface area contributed by atoms with E-state index >= 15 is 0 Å². The van der Waals surface area contributed by atoms with Crippen LogP contribution in [0, 0.1) is 0 Å². The van der Waals surface area contributed by atoms with Crippen molar-refractivity contribution in [1.82, 2.24) is 19.6 Å². The van der Waals surface area contributed by atoms with Crippen LogP contribution in [0.5, 0.6) is 0 Å². The smallest absolute Gasteiger partial charge is 0.333 e. The van der Waals surface area contributed by atoms with E-state index in [0.717, 1.165) is 11.0 Å². The number of nitrogens with zero attached hydrogens (tertiary/aromatic N) is 4. The second-order valence-electron chi connectivity index (χ2n) is 5.60. The van der Waals surface area contributed by atoms with Gasteiger partial charge >= 0.3 is 6.55 Å². The molecule has 3 rings (SSSR count). The van der Waals surface area contributed by atoms with Crippen LogP contribution >= 0.6 is 15.9 Å². The first-order valence-electron chi connectivity index (χ1n) is 7.63. The van der Waals surface area contributed by atoms with Crippen molar-refractivity contribution in [2.45, 2.75) is 13.1 Å². The first-order valence-corrected chi connectivity index (χ1v) is 8.42. The molecule has 128 valence electrons. The Labute approximate surface area is 147 Å². The van der Waals surface area contributed by atoms with Gasteiger partial charge in [0.15, 0.2) is 0 Å². The van der Waals surface area contributed by atoms with E-state index in [1.165, 1.54) is 17.8 Å². The molecule has 0 aliphatic carbocycles. The molecule has 1 aliphatic heterocycles. The normalized spacial score (nSPS) is 15.9. The molecule has 1 aliphatic rings. The molecule has 1 fully saturated rings. The maximum atomic E-state index is 12.8. The Kier molecular flexibility index (Phi) is 5.25. The number of piperazine rings is 1. The molecule has 24 heavy (non-hydrogen) atoms. The minimum Gasteiger partial charge on any atom is -0.335 e. The molecule has 1 saturated heterocycles. The fourth-order valence-electron chi connectivity index (χ4n) is 2.78. The van der Waals surface area contributed by atoms with Gasteiger partial charge in [-0.2, -0.15) is 18.6 Å². The number of amides is 1. The quantitative estimate of drug-likeness (QED) is 0.794. The molecule has 1 aromatic carbocycles. The summed E-state index contributed by atoms with van der Waals surface area (Å²) in [6, 6.07) is 9.35. The van der Waals surface area contributed by atoms with Crippen LogP contribution in [-0.2, 0) is 6.54 Å². The van der Waals surface area contributed by atoms with E-state index in [1.54, 1.807) is 4.90 Å². The summed E-state index contributed by atoms with van der Waals surface area (Å²) in [4.78, 5) is 16.3. The number of hydrogen-bond donors (Lipinski definition) is 0. The van der Waals surface area contributed by atoms with Crippen LogP contribution in [0.1, 0.15) is 22.6 Å². The SMILES string of the molecule is O=C(c1ccnn1C(F)F)N1CCN(Cc2ccccc2Br)CC1. The van der Waals surface area contributed by atoms with Crippen LogP contribution in [0.3, 0.4) is 0 Å². The van der Waals surface area contributed by atoms with Crippen LogP contribution < -0.4 is 0 Å². The van der Waals surface area contributed by atoms with Gasteiger partial charge in [0.1, 0.15) is 5.69 Å². The number of aromatic nitrogens is 2. The van der Waals surface area contributed by atoms with Crippen LogP contribution in [0.2, 0.25) is 0 Å². The van der Waals surface area contributed by atoms with Gasteiger partial charge in [-0.3, -0.25) is 9.69 Å². The molecule has 0 N–H and O–H groups in total. The largest absolute Gasteiger partial charge is 0.335 e. The highest BCUT2D eigenvalue weighted by Crippen LogP contribution is 2.19. The molecular weight excluding hydrogens is 382 g/mol. The van der Waals surface area contributed by atoms with Gasteiger partial charge in [0, 0.05) is 43.4 Å². The number of benzene rings is 1. The Morgan fingerprint density at radius 1 is 1.17 bits per heavy atom. The molecule has 0 saturated carbocycles. The average Bonchev–Trinajstić information content (AvgIpc) is 3.07. The van der Waals surface area contributed by atoms with Crippen molar-refractivity contribution in [2.75, 3.05) is 26.2 Å². The lowest BCUT2D eigenvalue weighted by Gasteiger charge is -2.34. The highest BCUT2D eigenvalue weighted by Gasteiger charge is 2.26. The zero-order valence-corrected chi connectivity index (χ0v) is 14.5. The molecule has 0 spiro atoms. The summed E-state index contributed by atoms with van der Waals surface area (Å²) in [5.74, 6) is -0.395. The lowest BCUT2D eigenvalue weighted by Crippen LogP contribution is -2.48. The monoisotopic (exact) mass is 398 g/mol. The van der Waals surface area contributed by atoms with E-state index in [2.05, 4.69) is 32.0 Å². The number of hydrogen-bond acceptors (Lipinski definition) is 3. The first kappa shape index (κ1) is 17.0. The molecule has 0 atom stereocenters. The standard InChI is InChI=1S/C16H17BrF2N4O/c17-13-4-2-1-3-12(13)11-21-7-9-22(10-8-21)15(24)14-5-6-20-23(14)16(18)19/h1-6,16H,7-11H2.